The van der Waals surface area contributed by atoms with E-state index in [0.717, 1.165) is 36.8 Å². The fourth-order valence-electron chi connectivity index (χ4n) is 3.87. The molecule has 1 aliphatic rings. The standard InChI is InChI=1S/C22H30N4O3/c1-3-13-26-19(15-20(27)24(2)22(26)29)25-14-7-10-18(16-25)21(28)23-12-11-17-8-5-4-6-9-17/h4-6,8-9,15,18H,3,7,10-14,16H2,1-2H3,(H,23,28). The molecule has 156 valence electrons. The summed E-state index contributed by atoms with van der Waals surface area (Å²) < 4.78 is 2.79. The molecular formula is C22H30N4O3. The van der Waals surface area contributed by atoms with Crippen LogP contribution in [0.1, 0.15) is 31.7 Å². The van der Waals surface area contributed by atoms with Crippen molar-refractivity contribution in [2.24, 2.45) is 13.0 Å². The Kier molecular flexibility index (Phi) is 6.90. The van der Waals surface area contributed by atoms with Crippen molar-refractivity contribution >= 4 is 11.7 Å². The summed E-state index contributed by atoms with van der Waals surface area (Å²) in [4.78, 5) is 39.5. The summed E-state index contributed by atoms with van der Waals surface area (Å²) >= 11 is 0. The molecule has 1 fully saturated rings. The third-order valence-corrected chi connectivity index (χ3v) is 5.50. The lowest BCUT2D eigenvalue weighted by atomic mass is 9.97. The Morgan fingerprint density at radius 2 is 1.97 bits per heavy atom. The second-order valence-corrected chi connectivity index (χ2v) is 7.65. The van der Waals surface area contributed by atoms with Gasteiger partial charge >= 0.3 is 5.69 Å². The zero-order valence-corrected chi connectivity index (χ0v) is 17.3. The summed E-state index contributed by atoms with van der Waals surface area (Å²) in [5.74, 6) is 0.523. The van der Waals surface area contributed by atoms with Gasteiger partial charge in [0.1, 0.15) is 5.82 Å². The molecule has 1 amide bonds. The molecule has 0 bridgehead atoms. The van der Waals surface area contributed by atoms with Gasteiger partial charge in [-0.2, -0.15) is 0 Å². The molecule has 2 heterocycles. The molecule has 0 saturated carbocycles. The van der Waals surface area contributed by atoms with Crippen molar-refractivity contribution in [1.82, 2.24) is 14.5 Å². The van der Waals surface area contributed by atoms with E-state index in [2.05, 4.69) is 17.4 Å². The first kappa shape index (κ1) is 20.9. The Hall–Kier alpha value is -2.83. The molecule has 1 unspecified atom stereocenters. The SMILES string of the molecule is CCCn1c(N2CCCC(C(=O)NCCc3ccccc3)C2)cc(=O)n(C)c1=O. The van der Waals surface area contributed by atoms with Crippen molar-refractivity contribution in [2.75, 3.05) is 24.5 Å². The number of piperidine rings is 1. The number of amides is 1. The molecule has 1 aliphatic heterocycles. The van der Waals surface area contributed by atoms with Crippen molar-refractivity contribution in [3.8, 4) is 0 Å². The van der Waals surface area contributed by atoms with E-state index >= 15 is 0 Å². The van der Waals surface area contributed by atoms with E-state index in [1.165, 1.54) is 18.7 Å². The van der Waals surface area contributed by atoms with Gasteiger partial charge in [0.05, 0.1) is 5.92 Å². The summed E-state index contributed by atoms with van der Waals surface area (Å²) in [5.41, 5.74) is 0.581. The number of carbonyl (C=O) groups excluding carboxylic acids is 1. The topological polar surface area (TPSA) is 76.3 Å². The lowest BCUT2D eigenvalue weighted by Crippen LogP contribution is -2.47. The van der Waals surface area contributed by atoms with Gasteiger partial charge in [-0.1, -0.05) is 37.3 Å². The monoisotopic (exact) mass is 398 g/mol. The van der Waals surface area contributed by atoms with E-state index in [1.807, 2.05) is 30.0 Å². The summed E-state index contributed by atoms with van der Waals surface area (Å²) in [6.45, 7) is 4.41. The fraction of sp³-hybridized carbons (Fsp3) is 0.500. The van der Waals surface area contributed by atoms with Gasteiger partial charge in [0.25, 0.3) is 5.56 Å². The first-order valence-corrected chi connectivity index (χ1v) is 10.4. The largest absolute Gasteiger partial charge is 0.357 e. The second-order valence-electron chi connectivity index (χ2n) is 7.65. The Bertz CT molecular complexity index is 949. The van der Waals surface area contributed by atoms with E-state index in [0.29, 0.717) is 25.5 Å². The number of nitrogens with one attached hydrogen (secondary N) is 1. The Balaban J connectivity index is 1.68. The molecule has 1 N–H and O–H groups in total. The molecule has 0 aliphatic carbocycles. The van der Waals surface area contributed by atoms with Gasteiger partial charge < -0.3 is 10.2 Å². The van der Waals surface area contributed by atoms with Crippen molar-refractivity contribution in [2.45, 2.75) is 39.2 Å². The highest BCUT2D eigenvalue weighted by Crippen LogP contribution is 2.22. The van der Waals surface area contributed by atoms with Gasteiger partial charge in [-0.05, 0) is 31.2 Å². The van der Waals surface area contributed by atoms with Crippen LogP contribution in [0.5, 0.6) is 0 Å². The lowest BCUT2D eigenvalue weighted by Gasteiger charge is -2.35. The van der Waals surface area contributed by atoms with Crippen LogP contribution >= 0.6 is 0 Å². The van der Waals surface area contributed by atoms with E-state index < -0.39 is 0 Å². The summed E-state index contributed by atoms with van der Waals surface area (Å²) in [6, 6.07) is 11.6. The molecule has 0 radical (unpaired) electrons. The van der Waals surface area contributed by atoms with Gasteiger partial charge in [-0.3, -0.25) is 18.7 Å². The normalized spacial score (nSPS) is 16.6. The third kappa shape index (κ3) is 4.96. The number of hydrogen-bond acceptors (Lipinski definition) is 4. The highest BCUT2D eigenvalue weighted by atomic mass is 16.2. The smallest absolute Gasteiger partial charge is 0.332 e. The Morgan fingerprint density at radius 3 is 2.69 bits per heavy atom. The maximum atomic E-state index is 12.7. The molecule has 1 aromatic carbocycles. The molecule has 0 spiro atoms. The fourth-order valence-corrected chi connectivity index (χ4v) is 3.87. The minimum Gasteiger partial charge on any atom is -0.357 e. The van der Waals surface area contributed by atoms with Gasteiger partial charge in [0.15, 0.2) is 0 Å². The van der Waals surface area contributed by atoms with Gasteiger partial charge in [0.2, 0.25) is 5.91 Å². The van der Waals surface area contributed by atoms with Gasteiger partial charge in [-0.15, -0.1) is 0 Å². The summed E-state index contributed by atoms with van der Waals surface area (Å²) in [5, 5.41) is 3.04. The van der Waals surface area contributed by atoms with Crippen LogP contribution in [-0.2, 0) is 24.8 Å². The van der Waals surface area contributed by atoms with Crippen LogP contribution in [-0.4, -0.2) is 34.7 Å². The highest BCUT2D eigenvalue weighted by molar-refractivity contribution is 5.79. The highest BCUT2D eigenvalue weighted by Gasteiger charge is 2.27. The van der Waals surface area contributed by atoms with Crippen molar-refractivity contribution in [3.63, 3.8) is 0 Å². The average Bonchev–Trinajstić information content (AvgIpc) is 2.75. The first-order valence-electron chi connectivity index (χ1n) is 10.4. The summed E-state index contributed by atoms with van der Waals surface area (Å²) in [6.07, 6.45) is 3.26. The van der Waals surface area contributed by atoms with Gasteiger partial charge in [-0.25, -0.2) is 4.79 Å². The number of anilines is 1. The maximum absolute atomic E-state index is 12.7. The van der Waals surface area contributed by atoms with Crippen molar-refractivity contribution in [3.05, 3.63) is 62.8 Å². The van der Waals surface area contributed by atoms with Crippen LogP contribution in [0.2, 0.25) is 0 Å². The minimum atomic E-state index is -0.313. The minimum absolute atomic E-state index is 0.0406. The molecule has 2 aromatic rings. The van der Waals surface area contributed by atoms with Crippen LogP contribution in [0.4, 0.5) is 5.82 Å². The molecule has 7 nitrogen and oxygen atoms in total. The zero-order chi connectivity index (χ0) is 20.8. The van der Waals surface area contributed by atoms with Crippen LogP contribution in [0, 0.1) is 5.92 Å². The molecule has 1 atom stereocenters. The zero-order valence-electron chi connectivity index (χ0n) is 17.3. The number of carbonyl (C=O) groups is 1. The molecule has 1 aromatic heterocycles. The molecular weight excluding hydrogens is 368 g/mol. The Morgan fingerprint density at radius 1 is 1.21 bits per heavy atom. The number of aromatic nitrogens is 2. The summed E-state index contributed by atoms with van der Waals surface area (Å²) in [7, 11) is 1.50. The molecule has 29 heavy (non-hydrogen) atoms. The number of benzene rings is 1. The van der Waals surface area contributed by atoms with Gasteiger partial charge in [0, 0.05) is 39.3 Å². The van der Waals surface area contributed by atoms with Crippen molar-refractivity contribution < 1.29 is 4.79 Å². The predicted molar refractivity (Wildman–Crippen MR) is 114 cm³/mol. The average molecular weight is 399 g/mol. The number of rotatable bonds is 7. The van der Waals surface area contributed by atoms with E-state index in [9.17, 15) is 14.4 Å². The van der Waals surface area contributed by atoms with Crippen LogP contribution < -0.4 is 21.5 Å². The maximum Gasteiger partial charge on any atom is 0.332 e. The van der Waals surface area contributed by atoms with Crippen LogP contribution in [0.15, 0.2) is 46.0 Å². The number of hydrogen-bond donors (Lipinski definition) is 1. The van der Waals surface area contributed by atoms with Crippen LogP contribution in [0.25, 0.3) is 0 Å². The van der Waals surface area contributed by atoms with E-state index in [1.54, 1.807) is 4.57 Å². The molecule has 1 saturated heterocycles. The van der Waals surface area contributed by atoms with E-state index in [4.69, 9.17) is 0 Å². The van der Waals surface area contributed by atoms with E-state index in [-0.39, 0.29) is 23.1 Å². The van der Waals surface area contributed by atoms with Crippen molar-refractivity contribution in [1.29, 1.82) is 0 Å². The molecule has 3 rings (SSSR count). The first-order chi connectivity index (χ1) is 14.0. The predicted octanol–water partition coefficient (Wildman–Crippen LogP) is 1.53. The third-order valence-electron chi connectivity index (χ3n) is 5.50. The number of nitrogens with zero attached hydrogens (tertiary/aromatic N) is 3. The quantitative estimate of drug-likeness (QED) is 0.768. The second kappa shape index (κ2) is 9.58. The molecule has 7 heteroatoms. The lowest BCUT2D eigenvalue weighted by molar-refractivity contribution is -0.125. The van der Waals surface area contributed by atoms with Crippen LogP contribution in [0.3, 0.4) is 0 Å². The Labute approximate surface area is 171 Å².